The van der Waals surface area contributed by atoms with Crippen molar-refractivity contribution in [3.05, 3.63) is 24.3 Å². The van der Waals surface area contributed by atoms with Crippen LogP contribution in [-0.2, 0) is 18.4 Å². The lowest BCUT2D eigenvalue weighted by molar-refractivity contribution is -0.870. The van der Waals surface area contributed by atoms with E-state index < -0.39 is 26.6 Å². The molecule has 0 fully saturated rings. The second-order valence-corrected chi connectivity index (χ2v) is 15.0. The predicted molar refractivity (Wildman–Crippen MR) is 187 cm³/mol. The van der Waals surface area contributed by atoms with Crippen LogP contribution in [0.15, 0.2) is 24.3 Å². The molecule has 2 N–H and O–H groups in total. The molecule has 0 heterocycles. The largest absolute Gasteiger partial charge is 0.756 e. The van der Waals surface area contributed by atoms with Gasteiger partial charge in [0.1, 0.15) is 13.2 Å². The minimum absolute atomic E-state index is 0.00498. The van der Waals surface area contributed by atoms with Crippen molar-refractivity contribution in [1.29, 1.82) is 0 Å². The number of hydrogen-bond acceptors (Lipinski definition) is 6. The molecule has 0 aromatic carbocycles. The summed E-state index contributed by atoms with van der Waals surface area (Å²) < 4.78 is 23.0. The second kappa shape index (κ2) is 29.1. The van der Waals surface area contributed by atoms with Crippen LogP contribution in [0.3, 0.4) is 0 Å². The third-order valence-corrected chi connectivity index (χ3v) is 8.88. The molecule has 266 valence electrons. The lowest BCUT2D eigenvalue weighted by atomic mass is 10.1. The summed E-state index contributed by atoms with van der Waals surface area (Å²) in [7, 11) is 1.24. The number of quaternary nitrogens is 1. The van der Waals surface area contributed by atoms with E-state index in [0.717, 1.165) is 38.5 Å². The number of nitrogens with one attached hydrogen (secondary N) is 1. The summed E-state index contributed by atoms with van der Waals surface area (Å²) >= 11 is 0. The molecule has 0 aliphatic rings. The fraction of sp³-hybridized carbons (Fsp3) is 0.861. The number of carbonyl (C=O) groups excluding carboxylic acids is 1. The molecule has 0 rings (SSSR count). The number of aliphatic hydroxyl groups excluding tert-OH is 1. The number of aliphatic hydroxyl groups is 1. The van der Waals surface area contributed by atoms with Gasteiger partial charge >= 0.3 is 0 Å². The highest BCUT2D eigenvalue weighted by Gasteiger charge is 2.23. The van der Waals surface area contributed by atoms with E-state index in [1.54, 1.807) is 6.08 Å². The Morgan fingerprint density at radius 3 is 1.80 bits per heavy atom. The van der Waals surface area contributed by atoms with E-state index in [1.807, 2.05) is 27.2 Å². The molecule has 0 saturated carbocycles. The monoisotopic (exact) mass is 659 g/mol. The smallest absolute Gasteiger partial charge is 0.268 e. The number of allylic oxidation sites excluding steroid dienone is 3. The minimum atomic E-state index is -4.58. The highest BCUT2D eigenvalue weighted by Crippen LogP contribution is 2.38. The number of phosphoric acid groups is 1. The van der Waals surface area contributed by atoms with Crippen molar-refractivity contribution in [3.8, 4) is 0 Å². The van der Waals surface area contributed by atoms with E-state index in [0.29, 0.717) is 17.4 Å². The summed E-state index contributed by atoms with van der Waals surface area (Å²) in [5.41, 5.74) is 0. The van der Waals surface area contributed by atoms with E-state index in [2.05, 4.69) is 31.3 Å². The molecule has 3 atom stereocenters. The lowest BCUT2D eigenvalue weighted by Crippen LogP contribution is -2.45. The minimum Gasteiger partial charge on any atom is -0.756 e. The van der Waals surface area contributed by atoms with Crippen LogP contribution < -0.4 is 10.2 Å². The average Bonchev–Trinajstić information content (AvgIpc) is 2.97. The van der Waals surface area contributed by atoms with Crippen molar-refractivity contribution >= 4 is 13.7 Å². The zero-order chi connectivity index (χ0) is 33.7. The summed E-state index contributed by atoms with van der Waals surface area (Å²) in [6.45, 7) is 4.57. The van der Waals surface area contributed by atoms with Gasteiger partial charge in [0.15, 0.2) is 0 Å². The molecule has 0 spiro atoms. The number of likely N-dealkylation sites (N-methyl/N-ethyl adjacent to an activating group) is 1. The molecular formula is C36H71N2O6P. The molecule has 0 bridgehead atoms. The fourth-order valence-electron chi connectivity index (χ4n) is 4.93. The van der Waals surface area contributed by atoms with Gasteiger partial charge in [0.05, 0.1) is 39.9 Å². The van der Waals surface area contributed by atoms with Gasteiger partial charge in [-0.25, -0.2) is 0 Å². The van der Waals surface area contributed by atoms with Crippen LogP contribution in [0.25, 0.3) is 0 Å². The summed E-state index contributed by atoms with van der Waals surface area (Å²) in [6, 6.07) is -0.894. The van der Waals surface area contributed by atoms with Crippen molar-refractivity contribution in [2.45, 2.75) is 161 Å². The molecule has 0 saturated heterocycles. The van der Waals surface area contributed by atoms with Crippen molar-refractivity contribution in [2.24, 2.45) is 0 Å². The number of carbonyl (C=O) groups is 1. The summed E-state index contributed by atoms with van der Waals surface area (Å²) in [6.07, 6.45) is 30.8. The molecule has 0 aliphatic heterocycles. The fourth-order valence-corrected chi connectivity index (χ4v) is 5.65. The zero-order valence-corrected chi connectivity index (χ0v) is 30.7. The number of phosphoric ester groups is 1. The molecule has 1 amide bonds. The van der Waals surface area contributed by atoms with E-state index in [4.69, 9.17) is 9.05 Å². The summed E-state index contributed by atoms with van der Waals surface area (Å²) in [4.78, 5) is 25.0. The lowest BCUT2D eigenvalue weighted by Gasteiger charge is -2.29. The van der Waals surface area contributed by atoms with Gasteiger partial charge in [0.25, 0.3) is 7.82 Å². The molecule has 0 aliphatic carbocycles. The zero-order valence-electron chi connectivity index (χ0n) is 29.8. The van der Waals surface area contributed by atoms with Crippen molar-refractivity contribution in [1.82, 2.24) is 5.32 Å². The van der Waals surface area contributed by atoms with Gasteiger partial charge in [-0.3, -0.25) is 9.36 Å². The van der Waals surface area contributed by atoms with Crippen molar-refractivity contribution in [2.75, 3.05) is 40.9 Å². The highest BCUT2D eigenvalue weighted by atomic mass is 31.2. The van der Waals surface area contributed by atoms with Crippen LogP contribution >= 0.6 is 7.82 Å². The topological polar surface area (TPSA) is 108 Å². The Kier molecular flexibility index (Phi) is 28.5. The first-order chi connectivity index (χ1) is 21.5. The summed E-state index contributed by atoms with van der Waals surface area (Å²) in [5.74, 6) is -0.212. The predicted octanol–water partition coefficient (Wildman–Crippen LogP) is 8.38. The van der Waals surface area contributed by atoms with E-state index in [9.17, 15) is 19.4 Å². The number of hydrogen-bond donors (Lipinski definition) is 2. The molecule has 0 radical (unpaired) electrons. The van der Waals surface area contributed by atoms with E-state index >= 15 is 0 Å². The molecule has 8 nitrogen and oxygen atoms in total. The highest BCUT2D eigenvalue weighted by molar-refractivity contribution is 7.45. The first kappa shape index (κ1) is 44.0. The van der Waals surface area contributed by atoms with Crippen LogP contribution in [-0.4, -0.2) is 68.5 Å². The van der Waals surface area contributed by atoms with Gasteiger partial charge in [0, 0.05) is 6.42 Å². The average molecular weight is 659 g/mol. The van der Waals surface area contributed by atoms with Gasteiger partial charge in [-0.15, -0.1) is 0 Å². The third-order valence-electron chi connectivity index (χ3n) is 7.91. The third kappa shape index (κ3) is 31.4. The Labute approximate surface area is 277 Å². The Balaban J connectivity index is 4.64. The van der Waals surface area contributed by atoms with E-state index in [1.165, 1.54) is 89.9 Å². The normalized spacial score (nSPS) is 15.1. The standard InChI is InChI=1S/C36H71N2O6P/c1-6-8-10-12-14-16-18-19-20-21-23-25-27-29-35(39)34(33-44-45(41,42)43-32-31-38(3,4)5)37-36(40)30-28-26-24-22-17-15-13-11-9-7-2/h20-21,27,29,34-35,39H,6-19,22-26,28,30-33H2,1-5H3,(H-,37,40,41,42)/b21-20+,29-27+/t34-,35+/m0/s1. The SMILES string of the molecule is CCCCCCCCC/C=C/CC/C=C/[C@@H](O)[C@H](COP(=O)([O-])OCC[N+](C)(C)C)NC(=O)CCCCCCCCCCCC. The van der Waals surface area contributed by atoms with Crippen LogP contribution in [0.4, 0.5) is 0 Å². The van der Waals surface area contributed by atoms with Gasteiger partial charge in [-0.2, -0.15) is 0 Å². The van der Waals surface area contributed by atoms with Crippen LogP contribution in [0.2, 0.25) is 0 Å². The molecule has 0 aromatic heterocycles. The maximum atomic E-state index is 12.7. The Morgan fingerprint density at radius 1 is 0.756 bits per heavy atom. The van der Waals surface area contributed by atoms with Crippen molar-refractivity contribution < 1.29 is 32.9 Å². The Hall–Kier alpha value is -1.02. The Morgan fingerprint density at radius 2 is 1.24 bits per heavy atom. The number of unbranched alkanes of at least 4 members (excludes halogenated alkanes) is 17. The van der Waals surface area contributed by atoms with Crippen molar-refractivity contribution in [3.63, 3.8) is 0 Å². The molecule has 1 unspecified atom stereocenters. The van der Waals surface area contributed by atoms with Gasteiger partial charge < -0.3 is 28.8 Å². The maximum Gasteiger partial charge on any atom is 0.268 e. The summed E-state index contributed by atoms with van der Waals surface area (Å²) in [5, 5.41) is 13.6. The number of amides is 1. The second-order valence-electron chi connectivity index (χ2n) is 13.6. The van der Waals surface area contributed by atoms with Gasteiger partial charge in [-0.05, 0) is 32.1 Å². The first-order valence-corrected chi connectivity index (χ1v) is 19.7. The molecule has 45 heavy (non-hydrogen) atoms. The number of nitrogens with zero attached hydrogens (tertiary/aromatic N) is 1. The molecule has 9 heteroatoms. The molecular weight excluding hydrogens is 587 g/mol. The van der Waals surface area contributed by atoms with Gasteiger partial charge in [0.2, 0.25) is 5.91 Å². The van der Waals surface area contributed by atoms with Crippen LogP contribution in [0.5, 0.6) is 0 Å². The quantitative estimate of drug-likeness (QED) is 0.0325. The van der Waals surface area contributed by atoms with Crippen LogP contribution in [0.1, 0.15) is 149 Å². The molecule has 0 aromatic rings. The first-order valence-electron chi connectivity index (χ1n) is 18.2. The maximum absolute atomic E-state index is 12.7. The number of rotatable bonds is 32. The Bertz CT molecular complexity index is 799. The van der Waals surface area contributed by atoms with E-state index in [-0.39, 0.29) is 12.5 Å². The van der Waals surface area contributed by atoms with Gasteiger partial charge in [-0.1, -0.05) is 134 Å². The van der Waals surface area contributed by atoms with Crippen LogP contribution in [0, 0.1) is 0 Å².